The second-order valence-corrected chi connectivity index (χ2v) is 11.2. The average Bonchev–Trinajstić information content (AvgIpc) is 2.87. The Morgan fingerprint density at radius 1 is 1.08 bits per heavy atom. The lowest BCUT2D eigenvalue weighted by atomic mass is 9.95. The van der Waals surface area contributed by atoms with Crippen molar-refractivity contribution in [2.45, 2.75) is 65.1 Å². The molecule has 2 heterocycles. The highest BCUT2D eigenvalue weighted by Crippen LogP contribution is 2.30. The zero-order valence-corrected chi connectivity index (χ0v) is 23.8. The summed E-state index contributed by atoms with van der Waals surface area (Å²) >= 11 is 6.37. The second kappa shape index (κ2) is 12.5. The van der Waals surface area contributed by atoms with Crippen LogP contribution in [0.2, 0.25) is 5.02 Å². The Bertz CT molecular complexity index is 1130. The number of aryl methyl sites for hydroxylation is 3. The number of morpholine rings is 1. The molecule has 38 heavy (non-hydrogen) atoms. The summed E-state index contributed by atoms with van der Waals surface area (Å²) in [6.07, 6.45) is 1.77. The van der Waals surface area contributed by atoms with Crippen molar-refractivity contribution in [1.29, 1.82) is 0 Å². The number of halogens is 1. The van der Waals surface area contributed by atoms with Crippen molar-refractivity contribution in [3.63, 3.8) is 0 Å². The fourth-order valence-corrected chi connectivity index (χ4v) is 5.59. The van der Waals surface area contributed by atoms with E-state index in [4.69, 9.17) is 21.1 Å². The average molecular weight is 542 g/mol. The predicted octanol–water partition coefficient (Wildman–Crippen LogP) is 4.43. The van der Waals surface area contributed by atoms with E-state index in [-0.39, 0.29) is 30.9 Å². The minimum Gasteiger partial charge on any atom is -0.490 e. The molecule has 2 saturated heterocycles. The molecule has 2 aliphatic rings. The molecule has 0 bridgehead atoms. The van der Waals surface area contributed by atoms with Crippen LogP contribution in [0.3, 0.4) is 0 Å². The van der Waals surface area contributed by atoms with Crippen LogP contribution in [0.4, 0.5) is 0 Å². The number of carbonyl (C=O) groups excluding carboxylic acids is 2. The summed E-state index contributed by atoms with van der Waals surface area (Å²) < 4.78 is 12.7. The number of benzene rings is 2. The highest BCUT2D eigenvalue weighted by Gasteiger charge is 2.41. The third-order valence-electron chi connectivity index (χ3n) is 7.62. The molecule has 1 atom stereocenters. The highest BCUT2D eigenvalue weighted by molar-refractivity contribution is 6.32. The number of rotatable bonds is 8. The van der Waals surface area contributed by atoms with E-state index >= 15 is 0 Å². The van der Waals surface area contributed by atoms with Crippen LogP contribution in [0.25, 0.3) is 0 Å². The molecule has 4 rings (SSSR count). The van der Waals surface area contributed by atoms with E-state index in [1.807, 2.05) is 30.9 Å². The van der Waals surface area contributed by atoms with Crippen LogP contribution < -0.4 is 10.1 Å². The van der Waals surface area contributed by atoms with Gasteiger partial charge < -0.3 is 19.7 Å². The number of hydrogen-bond acceptors (Lipinski definition) is 5. The Morgan fingerprint density at radius 2 is 1.76 bits per heavy atom. The van der Waals surface area contributed by atoms with E-state index in [1.165, 1.54) is 18.1 Å². The molecule has 2 aromatic rings. The number of nitrogens with one attached hydrogen (secondary N) is 1. The number of amides is 2. The van der Waals surface area contributed by atoms with Crippen LogP contribution in [0.5, 0.6) is 5.75 Å². The van der Waals surface area contributed by atoms with Crippen LogP contribution in [-0.4, -0.2) is 72.6 Å². The number of likely N-dealkylation sites (tertiary alicyclic amines) is 1. The van der Waals surface area contributed by atoms with Crippen molar-refractivity contribution < 1.29 is 19.1 Å². The van der Waals surface area contributed by atoms with Gasteiger partial charge in [-0.2, -0.15) is 0 Å². The van der Waals surface area contributed by atoms with E-state index in [9.17, 15) is 9.59 Å². The molecule has 0 radical (unpaired) electrons. The molecule has 1 N–H and O–H groups in total. The minimum absolute atomic E-state index is 0.0251. The molecule has 7 nitrogen and oxygen atoms in total. The number of carbonyl (C=O) groups is 2. The molecular formula is C30H40ClN3O4. The summed E-state index contributed by atoms with van der Waals surface area (Å²) in [6.45, 7) is 11.9. The van der Waals surface area contributed by atoms with Crippen molar-refractivity contribution in [3.05, 3.63) is 63.7 Å². The predicted molar refractivity (Wildman–Crippen MR) is 150 cm³/mol. The Balaban J connectivity index is 1.49. The minimum atomic E-state index is -0.770. The van der Waals surface area contributed by atoms with Crippen molar-refractivity contribution in [1.82, 2.24) is 15.1 Å². The molecule has 2 aromatic carbocycles. The van der Waals surface area contributed by atoms with Crippen LogP contribution in [0, 0.1) is 20.8 Å². The van der Waals surface area contributed by atoms with Crippen LogP contribution in [0.15, 0.2) is 36.4 Å². The zero-order valence-electron chi connectivity index (χ0n) is 23.0. The fourth-order valence-electron chi connectivity index (χ4n) is 5.48. The summed E-state index contributed by atoms with van der Waals surface area (Å²) in [4.78, 5) is 29.2. The quantitative estimate of drug-likeness (QED) is 0.535. The fraction of sp³-hybridized carbons (Fsp3) is 0.533. The first-order chi connectivity index (χ1) is 18.1. The van der Waals surface area contributed by atoms with Crippen molar-refractivity contribution in [3.8, 4) is 5.75 Å². The monoisotopic (exact) mass is 541 g/mol. The summed E-state index contributed by atoms with van der Waals surface area (Å²) in [6, 6.07) is 12.4. The van der Waals surface area contributed by atoms with Gasteiger partial charge in [0, 0.05) is 50.7 Å². The SMILES string of the molecule is CC(=O)NC1CCN(C(=O)C[C@@]2(COc3cc(C)c(Cl)c(C)c3)CN(Cc3ccccc3C)CCO2)CC1. The van der Waals surface area contributed by atoms with Gasteiger partial charge in [-0.25, -0.2) is 0 Å². The smallest absolute Gasteiger partial charge is 0.225 e. The molecule has 0 unspecified atom stereocenters. The third-order valence-corrected chi connectivity index (χ3v) is 8.22. The normalized spacial score (nSPS) is 20.8. The first kappa shape index (κ1) is 28.4. The van der Waals surface area contributed by atoms with Gasteiger partial charge >= 0.3 is 0 Å². The molecule has 2 aliphatic heterocycles. The van der Waals surface area contributed by atoms with Gasteiger partial charge in [-0.15, -0.1) is 0 Å². The summed E-state index contributed by atoms with van der Waals surface area (Å²) in [5, 5.41) is 3.72. The lowest BCUT2D eigenvalue weighted by Crippen LogP contribution is -2.57. The maximum Gasteiger partial charge on any atom is 0.225 e. The molecule has 0 aliphatic carbocycles. The maximum atomic E-state index is 13.6. The van der Waals surface area contributed by atoms with Gasteiger partial charge in [0.25, 0.3) is 0 Å². The van der Waals surface area contributed by atoms with E-state index in [2.05, 4.69) is 41.4 Å². The maximum absolute atomic E-state index is 13.6. The van der Waals surface area contributed by atoms with Crippen LogP contribution in [-0.2, 0) is 20.9 Å². The summed E-state index contributed by atoms with van der Waals surface area (Å²) in [5.74, 6) is 0.769. The molecule has 2 amide bonds. The molecule has 2 fully saturated rings. The van der Waals surface area contributed by atoms with Gasteiger partial charge in [0.2, 0.25) is 11.8 Å². The summed E-state index contributed by atoms with van der Waals surface area (Å²) in [7, 11) is 0. The Morgan fingerprint density at radius 3 is 2.42 bits per heavy atom. The van der Waals surface area contributed by atoms with Crippen LogP contribution >= 0.6 is 11.6 Å². The first-order valence-electron chi connectivity index (χ1n) is 13.5. The van der Waals surface area contributed by atoms with Crippen molar-refractivity contribution >= 4 is 23.4 Å². The number of piperidine rings is 1. The van der Waals surface area contributed by atoms with Crippen LogP contribution in [0.1, 0.15) is 48.4 Å². The molecule has 8 heteroatoms. The Kier molecular flexibility index (Phi) is 9.34. The standard InChI is InChI=1S/C30H40ClN3O4/c1-21-7-5-6-8-25(21)18-33-13-14-38-30(19-33,20-37-27-15-22(2)29(31)23(3)16-27)17-28(36)34-11-9-26(10-12-34)32-24(4)35/h5-8,15-16,26H,9-14,17-20H2,1-4H3,(H,32,35)/t30-/m0/s1. The Labute approximate surface area is 231 Å². The summed E-state index contributed by atoms with van der Waals surface area (Å²) in [5.41, 5.74) is 3.68. The largest absolute Gasteiger partial charge is 0.490 e. The lowest BCUT2D eigenvalue weighted by molar-refractivity contribution is -0.157. The number of hydrogen-bond donors (Lipinski definition) is 1. The number of nitrogens with zero attached hydrogens (tertiary/aromatic N) is 2. The highest BCUT2D eigenvalue weighted by atomic mass is 35.5. The van der Waals surface area contributed by atoms with Crippen molar-refractivity contribution in [2.75, 3.05) is 39.4 Å². The van der Waals surface area contributed by atoms with Gasteiger partial charge in [0.05, 0.1) is 13.0 Å². The van der Waals surface area contributed by atoms with Gasteiger partial charge in [0.15, 0.2) is 0 Å². The molecule has 206 valence electrons. The third kappa shape index (κ3) is 7.28. The second-order valence-electron chi connectivity index (χ2n) is 10.9. The van der Waals surface area contributed by atoms with E-state index in [1.54, 1.807) is 0 Å². The van der Waals surface area contributed by atoms with E-state index < -0.39 is 5.60 Å². The molecular weight excluding hydrogens is 502 g/mol. The van der Waals surface area contributed by atoms with Gasteiger partial charge in [-0.05, 0) is 68.0 Å². The first-order valence-corrected chi connectivity index (χ1v) is 13.9. The molecule has 0 spiro atoms. The Hall–Kier alpha value is -2.61. The number of ether oxygens (including phenoxy) is 2. The zero-order chi connectivity index (χ0) is 27.3. The van der Waals surface area contributed by atoms with E-state index in [0.29, 0.717) is 26.2 Å². The molecule has 0 aromatic heterocycles. The van der Waals surface area contributed by atoms with E-state index in [0.717, 1.165) is 47.8 Å². The molecule has 0 saturated carbocycles. The van der Waals surface area contributed by atoms with Gasteiger partial charge in [-0.1, -0.05) is 35.9 Å². The van der Waals surface area contributed by atoms with Gasteiger partial charge in [-0.3, -0.25) is 14.5 Å². The topological polar surface area (TPSA) is 71.1 Å². The van der Waals surface area contributed by atoms with Crippen molar-refractivity contribution in [2.24, 2.45) is 0 Å². The van der Waals surface area contributed by atoms with Gasteiger partial charge in [0.1, 0.15) is 18.0 Å². The lowest BCUT2D eigenvalue weighted by Gasteiger charge is -2.43.